The number of esters is 1. The van der Waals surface area contributed by atoms with Crippen molar-refractivity contribution >= 4 is 5.97 Å². The monoisotopic (exact) mass is 219 g/mol. The van der Waals surface area contributed by atoms with E-state index in [2.05, 4.69) is 5.32 Å². The van der Waals surface area contributed by atoms with Crippen LogP contribution in [0.3, 0.4) is 0 Å². The molecular weight excluding hydrogens is 198 g/mol. The molecule has 0 aliphatic heterocycles. The van der Waals surface area contributed by atoms with Gasteiger partial charge < -0.3 is 19.9 Å². The van der Waals surface area contributed by atoms with Gasteiger partial charge in [-0.25, -0.2) is 0 Å². The van der Waals surface area contributed by atoms with Crippen LogP contribution in [0.1, 0.15) is 20.3 Å². The number of aliphatic hydroxyl groups excluding tert-OH is 1. The van der Waals surface area contributed by atoms with Crippen molar-refractivity contribution in [1.82, 2.24) is 5.32 Å². The third-order valence-electron chi connectivity index (χ3n) is 1.85. The Morgan fingerprint density at radius 3 is 2.67 bits per heavy atom. The Morgan fingerprint density at radius 2 is 2.13 bits per heavy atom. The minimum atomic E-state index is -0.261. The molecule has 0 fully saturated rings. The molecule has 15 heavy (non-hydrogen) atoms. The van der Waals surface area contributed by atoms with Crippen molar-refractivity contribution in [3.8, 4) is 0 Å². The van der Waals surface area contributed by atoms with Crippen LogP contribution in [-0.4, -0.2) is 50.1 Å². The Hall–Kier alpha value is -0.650. The van der Waals surface area contributed by atoms with E-state index in [1.54, 1.807) is 6.92 Å². The normalized spacial score (nSPS) is 12.5. The molecule has 0 heterocycles. The van der Waals surface area contributed by atoms with Gasteiger partial charge in [0, 0.05) is 6.54 Å². The maximum Gasteiger partial charge on any atom is 0.323 e. The molecule has 5 nitrogen and oxygen atoms in total. The number of hydrogen-bond donors (Lipinski definition) is 2. The van der Waals surface area contributed by atoms with Crippen LogP contribution in [0.25, 0.3) is 0 Å². The van der Waals surface area contributed by atoms with Gasteiger partial charge in [-0.15, -0.1) is 0 Å². The predicted octanol–water partition coefficient (Wildman–Crippen LogP) is -0.0734. The van der Waals surface area contributed by atoms with Crippen LogP contribution in [0.5, 0.6) is 0 Å². The number of nitrogens with one attached hydrogen (secondary N) is 1. The zero-order chi connectivity index (χ0) is 11.5. The highest BCUT2D eigenvalue weighted by molar-refractivity contribution is 5.75. The molecular formula is C10H21NO4. The average Bonchev–Trinajstić information content (AvgIpc) is 2.23. The number of carbonyl (C=O) groups excluding carboxylic acids is 1. The second kappa shape index (κ2) is 9.89. The molecule has 0 rings (SSSR count). The molecule has 1 atom stereocenters. The summed E-state index contributed by atoms with van der Waals surface area (Å²) >= 11 is 0. The lowest BCUT2D eigenvalue weighted by Crippen LogP contribution is -2.39. The van der Waals surface area contributed by atoms with Gasteiger partial charge in [0.1, 0.15) is 6.04 Å². The maximum atomic E-state index is 11.3. The maximum absolute atomic E-state index is 11.3. The number of aliphatic hydroxyl groups is 1. The van der Waals surface area contributed by atoms with E-state index in [1.807, 2.05) is 6.92 Å². The minimum absolute atomic E-state index is 0.0229. The Kier molecular flexibility index (Phi) is 9.46. The largest absolute Gasteiger partial charge is 0.465 e. The van der Waals surface area contributed by atoms with Crippen LogP contribution in [0.4, 0.5) is 0 Å². The summed E-state index contributed by atoms with van der Waals surface area (Å²) in [4.78, 5) is 11.3. The van der Waals surface area contributed by atoms with Gasteiger partial charge in [0.25, 0.3) is 0 Å². The van der Waals surface area contributed by atoms with Gasteiger partial charge in [0.15, 0.2) is 0 Å². The van der Waals surface area contributed by atoms with E-state index in [4.69, 9.17) is 14.6 Å². The van der Waals surface area contributed by atoms with Crippen LogP contribution in [-0.2, 0) is 14.3 Å². The molecule has 0 aromatic heterocycles. The third-order valence-corrected chi connectivity index (χ3v) is 1.85. The van der Waals surface area contributed by atoms with Gasteiger partial charge in [-0.1, -0.05) is 6.92 Å². The summed E-state index contributed by atoms with van der Waals surface area (Å²) in [6.07, 6.45) is 0.693. The fourth-order valence-corrected chi connectivity index (χ4v) is 1.11. The van der Waals surface area contributed by atoms with Crippen molar-refractivity contribution in [2.75, 3.05) is 33.0 Å². The minimum Gasteiger partial charge on any atom is -0.465 e. The molecule has 0 aromatic carbocycles. The van der Waals surface area contributed by atoms with E-state index in [-0.39, 0.29) is 18.6 Å². The van der Waals surface area contributed by atoms with Crippen molar-refractivity contribution in [3.05, 3.63) is 0 Å². The lowest BCUT2D eigenvalue weighted by molar-refractivity contribution is -0.145. The zero-order valence-electron chi connectivity index (χ0n) is 9.49. The summed E-state index contributed by atoms with van der Waals surface area (Å²) in [6, 6.07) is -0.261. The first kappa shape index (κ1) is 14.3. The Balaban J connectivity index is 3.56. The van der Waals surface area contributed by atoms with Gasteiger partial charge in [0.05, 0.1) is 26.4 Å². The Bertz CT molecular complexity index is 164. The SMILES string of the molecule is CCOC(=O)C(CC)NCCOCCO. The summed E-state index contributed by atoms with van der Waals surface area (Å²) in [5.74, 6) is -0.220. The lowest BCUT2D eigenvalue weighted by atomic mass is 10.2. The van der Waals surface area contributed by atoms with Crippen LogP contribution < -0.4 is 5.32 Å². The molecule has 0 saturated heterocycles. The molecule has 0 aliphatic rings. The van der Waals surface area contributed by atoms with E-state index in [0.29, 0.717) is 32.8 Å². The smallest absolute Gasteiger partial charge is 0.323 e. The molecule has 2 N–H and O–H groups in total. The summed E-state index contributed by atoms with van der Waals surface area (Å²) in [5, 5.41) is 11.5. The zero-order valence-corrected chi connectivity index (χ0v) is 9.49. The highest BCUT2D eigenvalue weighted by Gasteiger charge is 2.15. The van der Waals surface area contributed by atoms with Crippen molar-refractivity contribution in [2.45, 2.75) is 26.3 Å². The van der Waals surface area contributed by atoms with Crippen LogP contribution in [0.15, 0.2) is 0 Å². The summed E-state index contributed by atoms with van der Waals surface area (Å²) in [6.45, 7) is 5.52. The second-order valence-electron chi connectivity index (χ2n) is 3.00. The van der Waals surface area contributed by atoms with Crippen LogP contribution >= 0.6 is 0 Å². The standard InChI is InChI=1S/C10H21NO4/c1-3-9(10(13)15-4-2)11-5-7-14-8-6-12/h9,11-12H,3-8H2,1-2H3. The number of rotatable bonds is 9. The van der Waals surface area contributed by atoms with E-state index < -0.39 is 0 Å². The van der Waals surface area contributed by atoms with Gasteiger partial charge in [-0.05, 0) is 13.3 Å². The average molecular weight is 219 g/mol. The molecule has 0 spiro atoms. The van der Waals surface area contributed by atoms with Crippen LogP contribution in [0.2, 0.25) is 0 Å². The third kappa shape index (κ3) is 7.30. The van der Waals surface area contributed by atoms with Crippen molar-refractivity contribution in [1.29, 1.82) is 0 Å². The van der Waals surface area contributed by atoms with E-state index in [1.165, 1.54) is 0 Å². The summed E-state index contributed by atoms with van der Waals surface area (Å²) in [7, 11) is 0. The Labute approximate surface area is 90.8 Å². The predicted molar refractivity (Wildman–Crippen MR) is 56.6 cm³/mol. The molecule has 5 heteroatoms. The first-order chi connectivity index (χ1) is 7.26. The fourth-order valence-electron chi connectivity index (χ4n) is 1.11. The number of carbonyl (C=O) groups is 1. The van der Waals surface area contributed by atoms with Crippen molar-refractivity contribution in [3.63, 3.8) is 0 Å². The first-order valence-electron chi connectivity index (χ1n) is 5.34. The van der Waals surface area contributed by atoms with Gasteiger partial charge in [-0.2, -0.15) is 0 Å². The Morgan fingerprint density at radius 1 is 1.40 bits per heavy atom. The van der Waals surface area contributed by atoms with Crippen molar-refractivity contribution < 1.29 is 19.4 Å². The molecule has 0 aromatic rings. The summed E-state index contributed by atoms with van der Waals surface area (Å²) < 4.78 is 9.94. The van der Waals surface area contributed by atoms with E-state index in [9.17, 15) is 4.79 Å². The molecule has 0 aliphatic carbocycles. The number of ether oxygens (including phenoxy) is 2. The molecule has 1 unspecified atom stereocenters. The lowest BCUT2D eigenvalue weighted by Gasteiger charge is -2.15. The van der Waals surface area contributed by atoms with E-state index in [0.717, 1.165) is 0 Å². The molecule has 90 valence electrons. The quantitative estimate of drug-likeness (QED) is 0.419. The highest BCUT2D eigenvalue weighted by Crippen LogP contribution is 1.94. The molecule has 0 saturated carbocycles. The second-order valence-corrected chi connectivity index (χ2v) is 3.00. The van der Waals surface area contributed by atoms with Gasteiger partial charge in [-0.3, -0.25) is 4.79 Å². The van der Waals surface area contributed by atoms with Gasteiger partial charge >= 0.3 is 5.97 Å². The van der Waals surface area contributed by atoms with Crippen molar-refractivity contribution in [2.24, 2.45) is 0 Å². The highest BCUT2D eigenvalue weighted by atomic mass is 16.5. The summed E-state index contributed by atoms with van der Waals surface area (Å²) in [5.41, 5.74) is 0. The topological polar surface area (TPSA) is 67.8 Å². The van der Waals surface area contributed by atoms with Gasteiger partial charge in [0.2, 0.25) is 0 Å². The number of hydrogen-bond acceptors (Lipinski definition) is 5. The van der Waals surface area contributed by atoms with E-state index >= 15 is 0 Å². The molecule has 0 radical (unpaired) electrons. The first-order valence-corrected chi connectivity index (χ1v) is 5.34. The molecule has 0 bridgehead atoms. The van der Waals surface area contributed by atoms with Crippen LogP contribution in [0, 0.1) is 0 Å². The molecule has 0 amide bonds. The fraction of sp³-hybridized carbons (Fsp3) is 0.900.